The minimum Gasteiger partial charge on any atom is -0.342 e. The zero-order valence-electron chi connectivity index (χ0n) is 11.7. The van der Waals surface area contributed by atoms with Crippen molar-refractivity contribution >= 4 is 0 Å². The highest BCUT2D eigenvalue weighted by Gasteiger charge is 2.19. The molecule has 0 amide bonds. The van der Waals surface area contributed by atoms with Crippen molar-refractivity contribution in [2.24, 2.45) is 0 Å². The van der Waals surface area contributed by atoms with E-state index >= 15 is 0 Å². The number of benzene rings is 1. The summed E-state index contributed by atoms with van der Waals surface area (Å²) < 4.78 is 0. The largest absolute Gasteiger partial charge is 0.342 e. The topological polar surface area (TPSA) is 40.7 Å². The smallest absolute Gasteiger partial charge is 0.107 e. The molecule has 3 heteroatoms. The lowest BCUT2D eigenvalue weighted by molar-refractivity contribution is 0.669. The monoisotopic (exact) mass is 255 g/mol. The van der Waals surface area contributed by atoms with E-state index in [2.05, 4.69) is 47.3 Å². The van der Waals surface area contributed by atoms with Crippen LogP contribution in [-0.4, -0.2) is 22.6 Å². The SMILES string of the molecule is Cc1ccc(-c2cnc(CCNC3CC3)[nH]2)cc1C. The van der Waals surface area contributed by atoms with Crippen LogP contribution in [0.1, 0.15) is 29.8 Å². The van der Waals surface area contributed by atoms with Crippen molar-refractivity contribution < 1.29 is 0 Å². The van der Waals surface area contributed by atoms with Gasteiger partial charge in [-0.05, 0) is 49.4 Å². The first-order valence-corrected chi connectivity index (χ1v) is 7.07. The second-order valence-electron chi connectivity index (χ2n) is 5.52. The van der Waals surface area contributed by atoms with Gasteiger partial charge in [-0.25, -0.2) is 4.98 Å². The van der Waals surface area contributed by atoms with Gasteiger partial charge in [0.25, 0.3) is 0 Å². The fraction of sp³-hybridized carbons (Fsp3) is 0.438. The molecular formula is C16H21N3. The minimum atomic E-state index is 0.772. The number of nitrogens with one attached hydrogen (secondary N) is 2. The van der Waals surface area contributed by atoms with Crippen molar-refractivity contribution in [3.05, 3.63) is 41.3 Å². The molecule has 0 saturated heterocycles. The molecule has 1 heterocycles. The Morgan fingerprint density at radius 3 is 2.84 bits per heavy atom. The molecule has 0 unspecified atom stereocenters. The van der Waals surface area contributed by atoms with Gasteiger partial charge in [0.2, 0.25) is 0 Å². The summed E-state index contributed by atoms with van der Waals surface area (Å²) in [5.41, 5.74) is 4.99. The molecule has 1 saturated carbocycles. The first-order valence-electron chi connectivity index (χ1n) is 7.07. The molecule has 0 spiro atoms. The molecule has 3 nitrogen and oxygen atoms in total. The van der Waals surface area contributed by atoms with E-state index in [9.17, 15) is 0 Å². The van der Waals surface area contributed by atoms with Crippen LogP contribution in [0.5, 0.6) is 0 Å². The molecule has 0 bridgehead atoms. The van der Waals surface area contributed by atoms with E-state index in [1.807, 2.05) is 6.20 Å². The predicted molar refractivity (Wildman–Crippen MR) is 78.2 cm³/mol. The van der Waals surface area contributed by atoms with Gasteiger partial charge in [0.05, 0.1) is 11.9 Å². The van der Waals surface area contributed by atoms with Crippen LogP contribution in [0, 0.1) is 13.8 Å². The van der Waals surface area contributed by atoms with E-state index < -0.39 is 0 Å². The van der Waals surface area contributed by atoms with Crippen LogP contribution in [0.15, 0.2) is 24.4 Å². The van der Waals surface area contributed by atoms with Gasteiger partial charge in [-0.1, -0.05) is 12.1 Å². The molecule has 2 N–H and O–H groups in total. The van der Waals surface area contributed by atoms with Crippen LogP contribution < -0.4 is 5.32 Å². The molecule has 100 valence electrons. The van der Waals surface area contributed by atoms with Gasteiger partial charge in [0.1, 0.15) is 5.82 Å². The van der Waals surface area contributed by atoms with Crippen molar-refractivity contribution in [3.63, 3.8) is 0 Å². The number of nitrogens with zero attached hydrogens (tertiary/aromatic N) is 1. The number of imidazole rings is 1. The number of rotatable bonds is 5. The number of hydrogen-bond acceptors (Lipinski definition) is 2. The molecule has 1 aliphatic rings. The number of hydrogen-bond donors (Lipinski definition) is 2. The van der Waals surface area contributed by atoms with Crippen LogP contribution in [0.4, 0.5) is 0 Å². The van der Waals surface area contributed by atoms with Crippen molar-refractivity contribution in [3.8, 4) is 11.3 Å². The Kier molecular flexibility index (Phi) is 3.38. The molecule has 0 radical (unpaired) electrons. The first-order chi connectivity index (χ1) is 9.22. The molecule has 2 aromatic rings. The zero-order valence-corrected chi connectivity index (χ0v) is 11.7. The normalized spacial score (nSPS) is 14.8. The average Bonchev–Trinajstić information content (AvgIpc) is 3.10. The lowest BCUT2D eigenvalue weighted by Crippen LogP contribution is -2.19. The Labute approximate surface area is 114 Å². The van der Waals surface area contributed by atoms with E-state index in [1.54, 1.807) is 0 Å². The van der Waals surface area contributed by atoms with Crippen molar-refractivity contribution in [2.45, 2.75) is 39.2 Å². The first kappa shape index (κ1) is 12.4. The molecule has 0 aliphatic heterocycles. The Balaban J connectivity index is 1.67. The number of aryl methyl sites for hydroxylation is 2. The molecule has 1 aromatic heterocycles. The summed E-state index contributed by atoms with van der Waals surface area (Å²) in [5.74, 6) is 1.07. The molecule has 1 aromatic carbocycles. The van der Waals surface area contributed by atoms with Gasteiger partial charge >= 0.3 is 0 Å². The quantitative estimate of drug-likeness (QED) is 0.862. The van der Waals surface area contributed by atoms with Gasteiger partial charge in [-0.2, -0.15) is 0 Å². The fourth-order valence-electron chi connectivity index (χ4n) is 2.23. The highest BCUT2D eigenvalue weighted by atomic mass is 15.0. The van der Waals surface area contributed by atoms with Crippen LogP contribution in [0.25, 0.3) is 11.3 Å². The summed E-state index contributed by atoms with van der Waals surface area (Å²) in [6, 6.07) is 7.31. The predicted octanol–water partition coefficient (Wildman–Crippen LogP) is 2.99. The minimum absolute atomic E-state index is 0.772. The van der Waals surface area contributed by atoms with Gasteiger partial charge < -0.3 is 10.3 Å². The Morgan fingerprint density at radius 2 is 2.11 bits per heavy atom. The highest BCUT2D eigenvalue weighted by molar-refractivity contribution is 5.60. The number of aromatic nitrogens is 2. The van der Waals surface area contributed by atoms with E-state index in [1.165, 1.54) is 29.5 Å². The van der Waals surface area contributed by atoms with Crippen LogP contribution >= 0.6 is 0 Å². The van der Waals surface area contributed by atoms with Gasteiger partial charge in [0.15, 0.2) is 0 Å². The average molecular weight is 255 g/mol. The number of H-pyrrole nitrogens is 1. The summed E-state index contributed by atoms with van der Waals surface area (Å²) in [5, 5.41) is 3.51. The lowest BCUT2D eigenvalue weighted by Gasteiger charge is -2.03. The maximum absolute atomic E-state index is 4.47. The van der Waals surface area contributed by atoms with Crippen molar-refractivity contribution in [1.82, 2.24) is 15.3 Å². The van der Waals surface area contributed by atoms with Crippen molar-refractivity contribution in [2.75, 3.05) is 6.54 Å². The van der Waals surface area contributed by atoms with Crippen LogP contribution in [0.3, 0.4) is 0 Å². The summed E-state index contributed by atoms with van der Waals surface area (Å²) in [4.78, 5) is 7.89. The van der Waals surface area contributed by atoms with Crippen molar-refractivity contribution in [1.29, 1.82) is 0 Å². The van der Waals surface area contributed by atoms with E-state index in [4.69, 9.17) is 0 Å². The van der Waals surface area contributed by atoms with Crippen LogP contribution in [-0.2, 0) is 6.42 Å². The third-order valence-electron chi connectivity index (χ3n) is 3.82. The summed E-state index contributed by atoms with van der Waals surface area (Å²) in [7, 11) is 0. The Bertz CT molecular complexity index is 567. The summed E-state index contributed by atoms with van der Waals surface area (Å²) in [6.07, 6.45) is 5.59. The second kappa shape index (κ2) is 5.17. The van der Waals surface area contributed by atoms with E-state index in [0.717, 1.165) is 30.5 Å². The Morgan fingerprint density at radius 1 is 1.26 bits per heavy atom. The van der Waals surface area contributed by atoms with Gasteiger partial charge in [-0.3, -0.25) is 0 Å². The highest BCUT2D eigenvalue weighted by Crippen LogP contribution is 2.21. The fourth-order valence-corrected chi connectivity index (χ4v) is 2.23. The standard InChI is InChI=1S/C16H21N3/c1-11-3-4-13(9-12(11)2)15-10-18-16(19-15)7-8-17-14-5-6-14/h3-4,9-10,14,17H,5-8H2,1-2H3,(H,18,19). The lowest BCUT2D eigenvalue weighted by atomic mass is 10.1. The van der Waals surface area contributed by atoms with Gasteiger partial charge in [0, 0.05) is 19.0 Å². The second-order valence-corrected chi connectivity index (χ2v) is 5.52. The zero-order chi connectivity index (χ0) is 13.2. The third-order valence-corrected chi connectivity index (χ3v) is 3.82. The molecule has 3 rings (SSSR count). The molecule has 0 atom stereocenters. The Hall–Kier alpha value is -1.61. The van der Waals surface area contributed by atoms with E-state index in [0.29, 0.717) is 0 Å². The third kappa shape index (κ3) is 3.04. The molecule has 19 heavy (non-hydrogen) atoms. The van der Waals surface area contributed by atoms with E-state index in [-0.39, 0.29) is 0 Å². The molecular weight excluding hydrogens is 234 g/mol. The van der Waals surface area contributed by atoms with Gasteiger partial charge in [-0.15, -0.1) is 0 Å². The summed E-state index contributed by atoms with van der Waals surface area (Å²) in [6.45, 7) is 5.31. The molecule has 1 aliphatic carbocycles. The maximum atomic E-state index is 4.47. The molecule has 1 fully saturated rings. The maximum Gasteiger partial charge on any atom is 0.107 e. The van der Waals surface area contributed by atoms with Crippen LogP contribution in [0.2, 0.25) is 0 Å². The summed E-state index contributed by atoms with van der Waals surface area (Å²) >= 11 is 0. The number of aromatic amines is 1.